The summed E-state index contributed by atoms with van der Waals surface area (Å²) in [5, 5.41) is 5.69. The number of hydrogen-bond acceptors (Lipinski definition) is 4. The van der Waals surface area contributed by atoms with Crippen molar-refractivity contribution < 1.29 is 18.7 Å². The molecule has 0 fully saturated rings. The maximum absolute atomic E-state index is 12.2. The molecular weight excluding hydrogens is 294 g/mol. The van der Waals surface area contributed by atoms with Crippen LogP contribution in [0.3, 0.4) is 0 Å². The minimum absolute atomic E-state index is 0.141. The van der Waals surface area contributed by atoms with E-state index in [-0.39, 0.29) is 12.3 Å². The summed E-state index contributed by atoms with van der Waals surface area (Å²) >= 11 is 0. The average Bonchev–Trinajstić information content (AvgIpc) is 2.97. The van der Waals surface area contributed by atoms with Crippen LogP contribution in [0, 0.1) is 0 Å². The second-order valence-electron chi connectivity index (χ2n) is 5.41. The molecule has 118 valence electrons. The molecule has 0 bridgehead atoms. The molecule has 1 amide bonds. The van der Waals surface area contributed by atoms with Gasteiger partial charge in [0.05, 0.1) is 19.8 Å². The SMILES string of the molecule is COC(=O)C(C)NC(=O)Cc1coc2ccc3ccccc3c12. The highest BCUT2D eigenvalue weighted by molar-refractivity contribution is 6.08. The van der Waals surface area contributed by atoms with Crippen LogP contribution >= 0.6 is 0 Å². The molecule has 0 aliphatic rings. The summed E-state index contributed by atoms with van der Waals surface area (Å²) in [6.07, 6.45) is 1.74. The number of ether oxygens (including phenoxy) is 1. The van der Waals surface area contributed by atoms with E-state index in [4.69, 9.17) is 4.42 Å². The summed E-state index contributed by atoms with van der Waals surface area (Å²) in [6, 6.07) is 11.2. The van der Waals surface area contributed by atoms with Gasteiger partial charge in [0.25, 0.3) is 0 Å². The Morgan fingerprint density at radius 2 is 2.00 bits per heavy atom. The molecule has 0 saturated heterocycles. The van der Waals surface area contributed by atoms with Gasteiger partial charge in [-0.1, -0.05) is 30.3 Å². The minimum Gasteiger partial charge on any atom is -0.467 e. The van der Waals surface area contributed by atoms with Crippen molar-refractivity contribution in [1.29, 1.82) is 0 Å². The number of nitrogens with one attached hydrogen (secondary N) is 1. The van der Waals surface area contributed by atoms with Crippen LogP contribution in [0.4, 0.5) is 0 Å². The van der Waals surface area contributed by atoms with Gasteiger partial charge in [-0.25, -0.2) is 4.79 Å². The van der Waals surface area contributed by atoms with Crippen molar-refractivity contribution in [2.24, 2.45) is 0 Å². The largest absolute Gasteiger partial charge is 0.467 e. The van der Waals surface area contributed by atoms with Crippen molar-refractivity contribution in [3.63, 3.8) is 0 Å². The van der Waals surface area contributed by atoms with Gasteiger partial charge in [-0.3, -0.25) is 4.79 Å². The van der Waals surface area contributed by atoms with Crippen molar-refractivity contribution in [2.45, 2.75) is 19.4 Å². The van der Waals surface area contributed by atoms with Crippen molar-refractivity contribution in [2.75, 3.05) is 7.11 Å². The van der Waals surface area contributed by atoms with E-state index in [9.17, 15) is 9.59 Å². The van der Waals surface area contributed by atoms with Gasteiger partial charge in [0.1, 0.15) is 11.6 Å². The lowest BCUT2D eigenvalue weighted by Crippen LogP contribution is -2.39. The number of hydrogen-bond donors (Lipinski definition) is 1. The molecule has 0 aliphatic carbocycles. The molecule has 23 heavy (non-hydrogen) atoms. The molecular formula is C18H17NO4. The van der Waals surface area contributed by atoms with Crippen LogP contribution < -0.4 is 5.32 Å². The van der Waals surface area contributed by atoms with Crippen molar-refractivity contribution in [3.05, 3.63) is 48.2 Å². The van der Waals surface area contributed by atoms with Gasteiger partial charge < -0.3 is 14.5 Å². The molecule has 0 radical (unpaired) electrons. The molecule has 1 heterocycles. The fraction of sp³-hybridized carbons (Fsp3) is 0.222. The number of amides is 1. The Morgan fingerprint density at radius 1 is 1.22 bits per heavy atom. The molecule has 2 aromatic carbocycles. The van der Waals surface area contributed by atoms with Gasteiger partial charge in [-0.2, -0.15) is 0 Å². The van der Waals surface area contributed by atoms with Crippen LogP contribution in [0.5, 0.6) is 0 Å². The highest BCUT2D eigenvalue weighted by Gasteiger charge is 2.18. The highest BCUT2D eigenvalue weighted by atomic mass is 16.5. The quantitative estimate of drug-likeness (QED) is 0.752. The monoisotopic (exact) mass is 311 g/mol. The Hall–Kier alpha value is -2.82. The molecule has 3 rings (SSSR count). The zero-order chi connectivity index (χ0) is 16.4. The van der Waals surface area contributed by atoms with Gasteiger partial charge in [-0.15, -0.1) is 0 Å². The van der Waals surface area contributed by atoms with Crippen molar-refractivity contribution in [1.82, 2.24) is 5.32 Å². The first kappa shape index (κ1) is 15.1. The van der Waals surface area contributed by atoms with E-state index in [1.54, 1.807) is 13.2 Å². The number of benzene rings is 2. The molecule has 1 atom stereocenters. The second-order valence-corrected chi connectivity index (χ2v) is 5.41. The van der Waals surface area contributed by atoms with Crippen LogP contribution in [0.15, 0.2) is 47.1 Å². The number of fused-ring (bicyclic) bond motifs is 3. The summed E-state index contributed by atoms with van der Waals surface area (Å²) in [6.45, 7) is 1.59. The molecule has 5 nitrogen and oxygen atoms in total. The lowest BCUT2D eigenvalue weighted by atomic mass is 10.0. The summed E-state index contributed by atoms with van der Waals surface area (Å²) < 4.78 is 10.2. The third-order valence-electron chi connectivity index (χ3n) is 3.82. The maximum Gasteiger partial charge on any atom is 0.328 e. The minimum atomic E-state index is -0.678. The smallest absolute Gasteiger partial charge is 0.328 e. The van der Waals surface area contributed by atoms with Crippen LogP contribution in [-0.2, 0) is 20.7 Å². The Bertz CT molecular complexity index is 881. The van der Waals surface area contributed by atoms with E-state index in [1.807, 2.05) is 36.4 Å². The zero-order valence-corrected chi connectivity index (χ0v) is 13.0. The topological polar surface area (TPSA) is 68.5 Å². The second kappa shape index (κ2) is 6.12. The fourth-order valence-electron chi connectivity index (χ4n) is 2.71. The standard InChI is InChI=1S/C18H17NO4/c1-11(18(21)22-2)19-16(20)9-13-10-23-15-8-7-12-5-3-4-6-14(12)17(13)15/h3-8,10-11H,9H2,1-2H3,(H,19,20). The van der Waals surface area contributed by atoms with Gasteiger partial charge in [0, 0.05) is 10.9 Å². The Kier molecular flexibility index (Phi) is 4.02. The fourth-order valence-corrected chi connectivity index (χ4v) is 2.71. The van der Waals surface area contributed by atoms with Crippen molar-refractivity contribution in [3.8, 4) is 0 Å². The van der Waals surface area contributed by atoms with Crippen LogP contribution in [0.2, 0.25) is 0 Å². The average molecular weight is 311 g/mol. The third kappa shape index (κ3) is 2.90. The van der Waals surface area contributed by atoms with Crippen LogP contribution in [0.25, 0.3) is 21.7 Å². The highest BCUT2D eigenvalue weighted by Crippen LogP contribution is 2.30. The predicted molar refractivity (Wildman–Crippen MR) is 87.0 cm³/mol. The Labute approximate surface area is 133 Å². The third-order valence-corrected chi connectivity index (χ3v) is 3.82. The summed E-state index contributed by atoms with van der Waals surface area (Å²) in [4.78, 5) is 23.5. The van der Waals surface area contributed by atoms with Crippen LogP contribution in [0.1, 0.15) is 12.5 Å². The van der Waals surface area contributed by atoms with E-state index >= 15 is 0 Å². The number of carbonyl (C=O) groups is 2. The van der Waals surface area contributed by atoms with Crippen molar-refractivity contribution >= 4 is 33.6 Å². The number of rotatable bonds is 4. The molecule has 1 N–H and O–H groups in total. The molecule has 3 aromatic rings. The van der Waals surface area contributed by atoms with Gasteiger partial charge in [0.15, 0.2) is 0 Å². The number of esters is 1. The van der Waals surface area contributed by atoms with Crippen LogP contribution in [-0.4, -0.2) is 25.0 Å². The normalized spacial score (nSPS) is 12.3. The lowest BCUT2D eigenvalue weighted by molar-refractivity contribution is -0.144. The first-order valence-electron chi connectivity index (χ1n) is 7.35. The Morgan fingerprint density at radius 3 is 2.78 bits per heavy atom. The molecule has 0 aliphatic heterocycles. The van der Waals surface area contributed by atoms with E-state index < -0.39 is 12.0 Å². The predicted octanol–water partition coefficient (Wildman–Crippen LogP) is 2.81. The molecule has 1 aromatic heterocycles. The maximum atomic E-state index is 12.2. The van der Waals surface area contributed by atoms with E-state index in [0.29, 0.717) is 0 Å². The molecule has 0 spiro atoms. The Balaban J connectivity index is 1.90. The molecule has 0 saturated carbocycles. The molecule has 1 unspecified atom stereocenters. The van der Waals surface area contributed by atoms with E-state index in [1.165, 1.54) is 7.11 Å². The number of carbonyl (C=O) groups excluding carboxylic acids is 2. The van der Waals surface area contributed by atoms with Gasteiger partial charge >= 0.3 is 5.97 Å². The first-order chi connectivity index (χ1) is 11.1. The summed E-state index contributed by atoms with van der Waals surface area (Å²) in [5.74, 6) is -0.723. The zero-order valence-electron chi connectivity index (χ0n) is 13.0. The summed E-state index contributed by atoms with van der Waals surface area (Å²) in [7, 11) is 1.29. The van der Waals surface area contributed by atoms with Gasteiger partial charge in [0.2, 0.25) is 5.91 Å². The van der Waals surface area contributed by atoms with Gasteiger partial charge in [-0.05, 0) is 23.8 Å². The summed E-state index contributed by atoms with van der Waals surface area (Å²) in [5.41, 5.74) is 1.54. The van der Waals surface area contributed by atoms with E-state index in [2.05, 4.69) is 10.1 Å². The number of methoxy groups -OCH3 is 1. The first-order valence-corrected chi connectivity index (χ1v) is 7.35. The number of furan rings is 1. The van der Waals surface area contributed by atoms with E-state index in [0.717, 1.165) is 27.3 Å². The molecule has 5 heteroatoms. The lowest BCUT2D eigenvalue weighted by Gasteiger charge is -2.11.